The Kier molecular flexibility index (Phi) is 3.23. The molecule has 3 rings (SSSR count). The van der Waals surface area contributed by atoms with E-state index in [1.165, 1.54) is 0 Å². The normalized spacial score (nSPS) is 10.4. The molecule has 0 atom stereocenters. The molecular weight excluding hydrogens is 276 g/mol. The van der Waals surface area contributed by atoms with Gasteiger partial charge in [0.15, 0.2) is 5.82 Å². The number of benzene rings is 1. The molecule has 20 heavy (non-hydrogen) atoms. The van der Waals surface area contributed by atoms with Gasteiger partial charge in [0.2, 0.25) is 0 Å². The quantitative estimate of drug-likeness (QED) is 0.801. The minimum absolute atomic E-state index is 0.371. The summed E-state index contributed by atoms with van der Waals surface area (Å²) in [5, 5.41) is 13.4. The summed E-state index contributed by atoms with van der Waals surface area (Å²) in [5.41, 5.74) is 2.14. The van der Waals surface area contributed by atoms with Gasteiger partial charge in [-0.3, -0.25) is 0 Å². The molecule has 2 aromatic heterocycles. The first-order valence-corrected chi connectivity index (χ1v) is 6.29. The number of aromatic nitrogens is 3. The van der Waals surface area contributed by atoms with Crippen molar-refractivity contribution in [1.82, 2.24) is 15.1 Å². The highest BCUT2D eigenvalue weighted by atomic mass is 35.5. The van der Waals surface area contributed by atoms with Crippen LogP contribution in [0.15, 0.2) is 40.9 Å². The van der Waals surface area contributed by atoms with Gasteiger partial charge in [-0.05, 0) is 29.8 Å². The summed E-state index contributed by atoms with van der Waals surface area (Å²) in [6, 6.07) is 12.9. The minimum Gasteiger partial charge on any atom is -0.342 e. The summed E-state index contributed by atoms with van der Waals surface area (Å²) in [4.78, 5) is 7.18. The van der Waals surface area contributed by atoms with Crippen molar-refractivity contribution in [3.63, 3.8) is 0 Å². The van der Waals surface area contributed by atoms with Gasteiger partial charge in [-0.25, -0.2) is 0 Å². The standard InChI is InChI=1S/C14H9ClN4O/c15-10-3-1-9(2-4-10)7-13-18-14(20-19-13)12-6-5-11(8-16)17-12/h1-6,17H,7H2. The van der Waals surface area contributed by atoms with E-state index in [9.17, 15) is 0 Å². The SMILES string of the molecule is N#Cc1ccc(-c2nc(Cc3ccc(Cl)cc3)no2)[nH]1. The fourth-order valence-corrected chi connectivity index (χ4v) is 1.93. The molecule has 0 aliphatic heterocycles. The Hall–Kier alpha value is -2.58. The molecule has 0 amide bonds. The molecule has 0 fully saturated rings. The molecule has 0 radical (unpaired) electrons. The molecule has 1 aromatic carbocycles. The van der Waals surface area contributed by atoms with Crippen LogP contribution in [0.3, 0.4) is 0 Å². The largest absolute Gasteiger partial charge is 0.342 e. The van der Waals surface area contributed by atoms with E-state index < -0.39 is 0 Å². The van der Waals surface area contributed by atoms with Crippen LogP contribution in [-0.4, -0.2) is 15.1 Å². The van der Waals surface area contributed by atoms with Crippen LogP contribution in [0.5, 0.6) is 0 Å². The maximum atomic E-state index is 8.76. The highest BCUT2D eigenvalue weighted by molar-refractivity contribution is 6.30. The van der Waals surface area contributed by atoms with Crippen LogP contribution in [0.2, 0.25) is 5.02 Å². The topological polar surface area (TPSA) is 78.5 Å². The third-order valence-electron chi connectivity index (χ3n) is 2.78. The van der Waals surface area contributed by atoms with Crippen LogP contribution in [0.25, 0.3) is 11.6 Å². The van der Waals surface area contributed by atoms with Crippen molar-refractivity contribution in [2.75, 3.05) is 0 Å². The second-order valence-corrected chi connectivity index (χ2v) is 4.65. The average molecular weight is 285 g/mol. The Labute approximate surface area is 119 Å². The second-order valence-electron chi connectivity index (χ2n) is 4.22. The number of rotatable bonds is 3. The monoisotopic (exact) mass is 284 g/mol. The first-order chi connectivity index (χ1) is 9.74. The smallest absolute Gasteiger partial charge is 0.274 e. The minimum atomic E-state index is 0.371. The van der Waals surface area contributed by atoms with Gasteiger partial charge in [0.05, 0.1) is 0 Å². The molecule has 5 nitrogen and oxygen atoms in total. The number of H-pyrrole nitrogens is 1. The van der Waals surface area contributed by atoms with E-state index >= 15 is 0 Å². The number of nitrogens with one attached hydrogen (secondary N) is 1. The lowest BCUT2D eigenvalue weighted by atomic mass is 10.1. The van der Waals surface area contributed by atoms with Crippen molar-refractivity contribution < 1.29 is 4.52 Å². The highest BCUT2D eigenvalue weighted by Crippen LogP contribution is 2.18. The number of nitriles is 1. The number of hydrogen-bond donors (Lipinski definition) is 1. The van der Waals surface area contributed by atoms with Gasteiger partial charge in [0.1, 0.15) is 17.5 Å². The molecule has 0 saturated carbocycles. The third-order valence-corrected chi connectivity index (χ3v) is 3.03. The van der Waals surface area contributed by atoms with Crippen LogP contribution in [0.1, 0.15) is 17.1 Å². The molecule has 0 aliphatic carbocycles. The molecular formula is C14H9ClN4O. The van der Waals surface area contributed by atoms with Gasteiger partial charge in [0, 0.05) is 11.4 Å². The lowest BCUT2D eigenvalue weighted by Crippen LogP contribution is -1.90. The predicted octanol–water partition coefficient (Wildman–Crippen LogP) is 3.18. The Bertz CT molecular complexity index is 767. The van der Waals surface area contributed by atoms with Crippen molar-refractivity contribution in [2.24, 2.45) is 0 Å². The van der Waals surface area contributed by atoms with E-state index in [1.807, 2.05) is 30.3 Å². The average Bonchev–Trinajstić information content (AvgIpc) is 3.10. The summed E-state index contributed by atoms with van der Waals surface area (Å²) in [6.45, 7) is 0. The molecule has 0 bridgehead atoms. The summed E-state index contributed by atoms with van der Waals surface area (Å²) >= 11 is 5.83. The molecule has 0 spiro atoms. The zero-order valence-electron chi connectivity index (χ0n) is 10.3. The first kappa shape index (κ1) is 12.5. The lowest BCUT2D eigenvalue weighted by Gasteiger charge is -1.96. The number of halogens is 1. The van der Waals surface area contributed by atoms with Gasteiger partial charge >= 0.3 is 0 Å². The van der Waals surface area contributed by atoms with Gasteiger partial charge in [-0.15, -0.1) is 0 Å². The van der Waals surface area contributed by atoms with Gasteiger partial charge < -0.3 is 9.51 Å². The zero-order chi connectivity index (χ0) is 13.9. The lowest BCUT2D eigenvalue weighted by molar-refractivity contribution is 0.423. The van der Waals surface area contributed by atoms with Crippen molar-refractivity contribution >= 4 is 11.6 Å². The van der Waals surface area contributed by atoms with Gasteiger partial charge in [-0.1, -0.05) is 28.9 Å². The van der Waals surface area contributed by atoms with Crippen molar-refractivity contribution in [2.45, 2.75) is 6.42 Å². The van der Waals surface area contributed by atoms with Crippen molar-refractivity contribution in [1.29, 1.82) is 5.26 Å². The second kappa shape index (κ2) is 5.19. The molecule has 2 heterocycles. The number of nitrogens with zero attached hydrogens (tertiary/aromatic N) is 3. The van der Waals surface area contributed by atoms with E-state index in [0.717, 1.165) is 5.56 Å². The van der Waals surface area contributed by atoms with Crippen LogP contribution in [-0.2, 0) is 6.42 Å². The zero-order valence-corrected chi connectivity index (χ0v) is 11.1. The first-order valence-electron chi connectivity index (χ1n) is 5.91. The van der Waals surface area contributed by atoms with E-state index in [2.05, 4.69) is 15.1 Å². The van der Waals surface area contributed by atoms with Gasteiger partial charge in [0.25, 0.3) is 5.89 Å². The van der Waals surface area contributed by atoms with E-state index in [0.29, 0.717) is 34.5 Å². The van der Waals surface area contributed by atoms with Crippen LogP contribution < -0.4 is 0 Å². The summed E-state index contributed by atoms with van der Waals surface area (Å²) < 4.78 is 5.18. The molecule has 6 heteroatoms. The van der Waals surface area contributed by atoms with E-state index in [4.69, 9.17) is 21.4 Å². The molecule has 98 valence electrons. The number of hydrogen-bond acceptors (Lipinski definition) is 4. The maximum absolute atomic E-state index is 8.76. The van der Waals surface area contributed by atoms with E-state index in [-0.39, 0.29) is 0 Å². The maximum Gasteiger partial charge on any atom is 0.274 e. The van der Waals surface area contributed by atoms with E-state index in [1.54, 1.807) is 12.1 Å². The fraction of sp³-hybridized carbons (Fsp3) is 0.0714. The third kappa shape index (κ3) is 2.56. The predicted molar refractivity (Wildman–Crippen MR) is 73.1 cm³/mol. The number of aromatic amines is 1. The molecule has 1 N–H and O–H groups in total. The fourth-order valence-electron chi connectivity index (χ4n) is 1.81. The van der Waals surface area contributed by atoms with Crippen LogP contribution >= 0.6 is 11.6 Å². The van der Waals surface area contributed by atoms with Crippen molar-refractivity contribution in [3.8, 4) is 17.7 Å². The molecule has 0 aliphatic rings. The molecule has 0 saturated heterocycles. The highest BCUT2D eigenvalue weighted by Gasteiger charge is 2.11. The molecule has 3 aromatic rings. The van der Waals surface area contributed by atoms with Crippen LogP contribution in [0.4, 0.5) is 0 Å². The Morgan fingerprint density at radius 1 is 1.20 bits per heavy atom. The Morgan fingerprint density at radius 3 is 2.70 bits per heavy atom. The molecule has 0 unspecified atom stereocenters. The van der Waals surface area contributed by atoms with Crippen LogP contribution in [0, 0.1) is 11.3 Å². The van der Waals surface area contributed by atoms with Crippen molar-refractivity contribution in [3.05, 3.63) is 58.5 Å². The Morgan fingerprint density at radius 2 is 2.00 bits per heavy atom. The summed E-state index contributed by atoms with van der Waals surface area (Å²) in [5.74, 6) is 0.950. The summed E-state index contributed by atoms with van der Waals surface area (Å²) in [7, 11) is 0. The summed E-state index contributed by atoms with van der Waals surface area (Å²) in [6.07, 6.45) is 0.562. The van der Waals surface area contributed by atoms with Gasteiger partial charge in [-0.2, -0.15) is 10.2 Å². The Balaban J connectivity index is 1.80.